The number of amides is 2. The molecule has 118 valence electrons. The lowest BCUT2D eigenvalue weighted by atomic mass is 10.1. The first-order chi connectivity index (χ1) is 11.3. The van der Waals surface area contributed by atoms with Crippen LogP contribution in [0.25, 0.3) is 0 Å². The van der Waals surface area contributed by atoms with Crippen molar-refractivity contribution in [1.29, 1.82) is 0 Å². The third-order valence-corrected chi connectivity index (χ3v) is 3.88. The van der Waals surface area contributed by atoms with Gasteiger partial charge in [0.15, 0.2) is 0 Å². The van der Waals surface area contributed by atoms with Gasteiger partial charge >= 0.3 is 0 Å². The summed E-state index contributed by atoms with van der Waals surface area (Å²) in [4.78, 5) is 24.3. The fourth-order valence-electron chi connectivity index (χ4n) is 2.68. The van der Waals surface area contributed by atoms with Crippen molar-refractivity contribution < 1.29 is 9.59 Å². The van der Waals surface area contributed by atoms with Gasteiger partial charge in [0.1, 0.15) is 0 Å². The number of imide groups is 1. The van der Waals surface area contributed by atoms with Gasteiger partial charge in [-0.15, -0.1) is 0 Å². The number of nitrogens with zero attached hydrogens (tertiary/aromatic N) is 1. The molecule has 2 aliphatic heterocycles. The van der Waals surface area contributed by atoms with Gasteiger partial charge in [0.25, 0.3) is 11.8 Å². The third kappa shape index (κ3) is 3.57. The summed E-state index contributed by atoms with van der Waals surface area (Å²) in [7, 11) is 0. The molecule has 5 nitrogen and oxygen atoms in total. The van der Waals surface area contributed by atoms with Crippen molar-refractivity contribution in [2.45, 2.75) is 0 Å². The highest BCUT2D eigenvalue weighted by atomic mass is 16.2. The molecule has 0 aliphatic carbocycles. The van der Waals surface area contributed by atoms with Crippen LogP contribution in [0.4, 0.5) is 5.69 Å². The third-order valence-electron chi connectivity index (χ3n) is 3.88. The first kappa shape index (κ1) is 15.2. The summed E-state index contributed by atoms with van der Waals surface area (Å²) in [6, 6.07) is 17.3. The van der Waals surface area contributed by atoms with Gasteiger partial charge in [0, 0.05) is 31.9 Å². The number of hydrogen-bond acceptors (Lipinski definition) is 4. The predicted octanol–water partition coefficient (Wildman–Crippen LogP) is 1.67. The van der Waals surface area contributed by atoms with Gasteiger partial charge < -0.3 is 10.2 Å². The summed E-state index contributed by atoms with van der Waals surface area (Å²) in [5.74, 6) is -0.601. The minimum absolute atomic E-state index is 0.300. The molecule has 4 rings (SSSR count). The highest BCUT2D eigenvalue weighted by molar-refractivity contribution is 6.21. The number of carbonyl (C=O) groups excluding carboxylic acids is 2. The monoisotopic (exact) mass is 309 g/mol. The van der Waals surface area contributed by atoms with Gasteiger partial charge in [-0.1, -0.05) is 30.3 Å². The number of fused-ring (bicyclic) bond motifs is 1. The maximum absolute atomic E-state index is 10.9. The maximum Gasteiger partial charge on any atom is 0.258 e. The molecular weight excluding hydrogens is 290 g/mol. The molecule has 1 fully saturated rings. The smallest absolute Gasteiger partial charge is 0.258 e. The van der Waals surface area contributed by atoms with Crippen molar-refractivity contribution in [2.24, 2.45) is 0 Å². The van der Waals surface area contributed by atoms with E-state index in [0.717, 1.165) is 26.2 Å². The zero-order valence-corrected chi connectivity index (χ0v) is 12.8. The van der Waals surface area contributed by atoms with Crippen LogP contribution < -0.4 is 15.5 Å². The Balaban J connectivity index is 0.000000136. The molecule has 0 unspecified atom stereocenters. The number of benzene rings is 2. The molecule has 2 aromatic carbocycles. The topological polar surface area (TPSA) is 61.4 Å². The Morgan fingerprint density at radius 2 is 1.26 bits per heavy atom. The molecule has 23 heavy (non-hydrogen) atoms. The van der Waals surface area contributed by atoms with Crippen LogP contribution in [0.5, 0.6) is 0 Å². The fraction of sp³-hybridized carbons (Fsp3) is 0.222. The van der Waals surface area contributed by atoms with E-state index in [0.29, 0.717) is 11.1 Å². The average Bonchev–Trinajstić information content (AvgIpc) is 2.92. The zero-order valence-electron chi connectivity index (χ0n) is 12.8. The van der Waals surface area contributed by atoms with Crippen LogP contribution in [0, 0.1) is 0 Å². The summed E-state index contributed by atoms with van der Waals surface area (Å²) in [5.41, 5.74) is 2.29. The first-order valence-corrected chi connectivity index (χ1v) is 7.71. The average molecular weight is 309 g/mol. The van der Waals surface area contributed by atoms with Crippen LogP contribution in [0.2, 0.25) is 0 Å². The Labute approximate surface area is 135 Å². The fourth-order valence-corrected chi connectivity index (χ4v) is 2.68. The minimum atomic E-state index is -0.300. The highest BCUT2D eigenvalue weighted by Crippen LogP contribution is 2.14. The van der Waals surface area contributed by atoms with Gasteiger partial charge in [0.2, 0.25) is 0 Å². The lowest BCUT2D eigenvalue weighted by Gasteiger charge is -2.29. The van der Waals surface area contributed by atoms with Gasteiger partial charge in [0.05, 0.1) is 11.1 Å². The largest absolute Gasteiger partial charge is 0.369 e. The number of rotatable bonds is 1. The summed E-state index contributed by atoms with van der Waals surface area (Å²) in [5, 5.41) is 5.55. The van der Waals surface area contributed by atoms with E-state index >= 15 is 0 Å². The molecule has 0 radical (unpaired) electrons. The van der Waals surface area contributed by atoms with Crippen LogP contribution in [-0.2, 0) is 0 Å². The van der Waals surface area contributed by atoms with Crippen LogP contribution in [0.1, 0.15) is 20.7 Å². The molecule has 0 bridgehead atoms. The van der Waals surface area contributed by atoms with Crippen molar-refractivity contribution in [2.75, 3.05) is 31.1 Å². The van der Waals surface area contributed by atoms with E-state index in [1.165, 1.54) is 5.69 Å². The lowest BCUT2D eigenvalue weighted by molar-refractivity contribution is 0.0879. The molecule has 2 amide bonds. The first-order valence-electron chi connectivity index (χ1n) is 7.71. The second-order valence-electron chi connectivity index (χ2n) is 5.40. The number of para-hydroxylation sites is 1. The molecule has 1 saturated heterocycles. The molecule has 5 heteroatoms. The Kier molecular flexibility index (Phi) is 4.68. The lowest BCUT2D eigenvalue weighted by Crippen LogP contribution is -2.43. The van der Waals surface area contributed by atoms with Crippen molar-refractivity contribution in [3.8, 4) is 0 Å². The Morgan fingerprint density at radius 1 is 0.739 bits per heavy atom. The van der Waals surface area contributed by atoms with Crippen LogP contribution >= 0.6 is 0 Å². The Morgan fingerprint density at radius 3 is 1.83 bits per heavy atom. The van der Waals surface area contributed by atoms with Gasteiger partial charge in [-0.25, -0.2) is 0 Å². The van der Waals surface area contributed by atoms with Crippen molar-refractivity contribution in [3.63, 3.8) is 0 Å². The zero-order chi connectivity index (χ0) is 16.1. The van der Waals surface area contributed by atoms with Crippen LogP contribution in [-0.4, -0.2) is 38.0 Å². The van der Waals surface area contributed by atoms with Gasteiger partial charge in [-0.05, 0) is 24.3 Å². The van der Waals surface area contributed by atoms with E-state index in [9.17, 15) is 9.59 Å². The molecule has 0 atom stereocenters. The van der Waals surface area contributed by atoms with Crippen LogP contribution in [0.15, 0.2) is 54.6 Å². The molecule has 2 aromatic rings. The minimum Gasteiger partial charge on any atom is -0.369 e. The molecule has 2 aliphatic rings. The van der Waals surface area contributed by atoms with E-state index in [4.69, 9.17) is 0 Å². The van der Waals surface area contributed by atoms with E-state index in [1.54, 1.807) is 24.3 Å². The second kappa shape index (κ2) is 7.07. The number of anilines is 1. The van der Waals surface area contributed by atoms with Crippen LogP contribution in [0.3, 0.4) is 0 Å². The van der Waals surface area contributed by atoms with E-state index < -0.39 is 0 Å². The normalized spacial score (nSPS) is 16.3. The number of nitrogens with one attached hydrogen (secondary N) is 2. The summed E-state index contributed by atoms with van der Waals surface area (Å²) in [6.45, 7) is 4.47. The molecule has 0 saturated carbocycles. The predicted molar refractivity (Wildman–Crippen MR) is 89.8 cm³/mol. The maximum atomic E-state index is 10.9. The number of hydrogen-bond donors (Lipinski definition) is 2. The number of piperazine rings is 1. The quantitative estimate of drug-likeness (QED) is 0.787. The van der Waals surface area contributed by atoms with Gasteiger partial charge in [-0.2, -0.15) is 0 Å². The molecular formula is C18H19N3O2. The number of carbonyl (C=O) groups is 2. The Hall–Kier alpha value is -2.66. The van der Waals surface area contributed by atoms with Gasteiger partial charge in [-0.3, -0.25) is 14.9 Å². The van der Waals surface area contributed by atoms with E-state index in [1.807, 2.05) is 0 Å². The van der Waals surface area contributed by atoms with Crippen molar-refractivity contribution in [3.05, 3.63) is 65.7 Å². The summed E-state index contributed by atoms with van der Waals surface area (Å²) in [6.07, 6.45) is 0. The summed E-state index contributed by atoms with van der Waals surface area (Å²) >= 11 is 0. The Bertz CT molecular complexity index is 661. The van der Waals surface area contributed by atoms with Crippen molar-refractivity contribution in [1.82, 2.24) is 10.6 Å². The molecule has 2 heterocycles. The SMILES string of the molecule is O=C1NC(=O)c2ccccc21.c1ccc(N2CCNCC2)cc1. The molecule has 0 aromatic heterocycles. The highest BCUT2D eigenvalue weighted by Gasteiger charge is 2.25. The second-order valence-corrected chi connectivity index (χ2v) is 5.40. The molecule has 0 spiro atoms. The summed E-state index contributed by atoms with van der Waals surface area (Å²) < 4.78 is 0. The van der Waals surface area contributed by atoms with E-state index in [-0.39, 0.29) is 11.8 Å². The standard InChI is InChI=1S/C10H14N2.C8H5NO2/c1-2-4-10(5-3-1)12-8-6-11-7-9-12;10-7-5-3-1-2-4-6(5)8(11)9-7/h1-5,11H,6-9H2;1-4H,(H,9,10,11). The molecule has 2 N–H and O–H groups in total. The van der Waals surface area contributed by atoms with E-state index in [2.05, 4.69) is 45.9 Å². The van der Waals surface area contributed by atoms with Crippen molar-refractivity contribution >= 4 is 17.5 Å².